The van der Waals surface area contributed by atoms with Crippen LogP contribution >= 0.6 is 0 Å². The molecule has 2 fully saturated rings. The Kier molecular flexibility index (Phi) is 4.80. The second-order valence-corrected chi connectivity index (χ2v) is 8.47. The Hall–Kier alpha value is -1.62. The maximum absolute atomic E-state index is 13.0. The monoisotopic (exact) mass is 345 g/mol. The van der Waals surface area contributed by atoms with Crippen molar-refractivity contribution in [3.63, 3.8) is 0 Å². The molecule has 1 amide bonds. The van der Waals surface area contributed by atoms with Crippen LogP contribution in [0, 0.1) is 31.1 Å². The summed E-state index contributed by atoms with van der Waals surface area (Å²) in [6, 6.07) is 0. The number of nitrogens with zero attached hydrogens (tertiary/aromatic N) is 3. The molecule has 0 spiro atoms. The largest absolute Gasteiger partial charge is 0.361 e. The van der Waals surface area contributed by atoms with Crippen molar-refractivity contribution in [2.45, 2.75) is 48.1 Å². The molecule has 2 heterocycles. The van der Waals surface area contributed by atoms with Gasteiger partial charge in [0.2, 0.25) is 5.91 Å². The highest BCUT2D eigenvalue weighted by Crippen LogP contribution is 2.60. The van der Waals surface area contributed by atoms with Gasteiger partial charge in [-0.15, -0.1) is 0 Å². The number of hydrogen-bond donors (Lipinski definition) is 0. The van der Waals surface area contributed by atoms with Crippen LogP contribution in [0.1, 0.15) is 44.7 Å². The van der Waals surface area contributed by atoms with Crippen LogP contribution in [0.3, 0.4) is 0 Å². The van der Waals surface area contributed by atoms with Crippen molar-refractivity contribution in [3.8, 4) is 0 Å². The third kappa shape index (κ3) is 3.52. The number of aryl methyl sites for hydroxylation is 2. The van der Waals surface area contributed by atoms with E-state index in [0.29, 0.717) is 11.8 Å². The molecule has 5 heteroatoms. The molecule has 1 saturated heterocycles. The van der Waals surface area contributed by atoms with Crippen LogP contribution < -0.4 is 0 Å². The van der Waals surface area contributed by atoms with Crippen molar-refractivity contribution < 1.29 is 9.32 Å². The molecule has 1 aromatic rings. The van der Waals surface area contributed by atoms with E-state index < -0.39 is 0 Å². The molecule has 3 rings (SSSR count). The van der Waals surface area contributed by atoms with Crippen molar-refractivity contribution >= 4 is 5.91 Å². The third-order valence-electron chi connectivity index (χ3n) is 5.94. The lowest BCUT2D eigenvalue weighted by Gasteiger charge is -2.35. The summed E-state index contributed by atoms with van der Waals surface area (Å²) in [5, 5.41) is 4.03. The Balaban J connectivity index is 1.56. The predicted octanol–water partition coefficient (Wildman–Crippen LogP) is 3.17. The maximum Gasteiger partial charge on any atom is 0.226 e. The normalized spacial score (nSPS) is 25.8. The minimum absolute atomic E-state index is 0.0994. The number of amides is 1. The molecule has 1 saturated carbocycles. The third-order valence-corrected chi connectivity index (χ3v) is 5.94. The van der Waals surface area contributed by atoms with Gasteiger partial charge in [-0.25, -0.2) is 0 Å². The fourth-order valence-electron chi connectivity index (χ4n) is 4.09. The molecule has 0 N–H and O–H groups in total. The lowest BCUT2D eigenvalue weighted by atomic mass is 10.1. The highest BCUT2D eigenvalue weighted by atomic mass is 16.5. The summed E-state index contributed by atoms with van der Waals surface area (Å²) >= 11 is 0. The van der Waals surface area contributed by atoms with E-state index >= 15 is 0 Å². The summed E-state index contributed by atoms with van der Waals surface area (Å²) in [7, 11) is 0. The van der Waals surface area contributed by atoms with Gasteiger partial charge in [0, 0.05) is 38.3 Å². The summed E-state index contributed by atoms with van der Waals surface area (Å²) in [5.41, 5.74) is 3.56. The highest BCUT2D eigenvalue weighted by Gasteiger charge is 2.61. The van der Waals surface area contributed by atoms with Gasteiger partial charge in [-0.3, -0.25) is 9.69 Å². The van der Waals surface area contributed by atoms with Crippen LogP contribution in [0.5, 0.6) is 0 Å². The van der Waals surface area contributed by atoms with E-state index in [9.17, 15) is 4.79 Å². The van der Waals surface area contributed by atoms with Crippen LogP contribution in [0.25, 0.3) is 0 Å². The van der Waals surface area contributed by atoms with E-state index in [1.54, 1.807) is 0 Å². The first-order valence-electron chi connectivity index (χ1n) is 9.29. The summed E-state index contributed by atoms with van der Waals surface area (Å²) in [5.74, 6) is 1.78. The van der Waals surface area contributed by atoms with Crippen molar-refractivity contribution in [1.29, 1.82) is 0 Å². The Labute approximate surface area is 151 Å². The second-order valence-electron chi connectivity index (χ2n) is 8.47. The van der Waals surface area contributed by atoms with Gasteiger partial charge in [0.05, 0.1) is 11.6 Å². The molecule has 2 aliphatic rings. The van der Waals surface area contributed by atoms with Crippen LogP contribution in [-0.4, -0.2) is 47.0 Å². The van der Waals surface area contributed by atoms with Gasteiger partial charge >= 0.3 is 0 Å². The highest BCUT2D eigenvalue weighted by molar-refractivity contribution is 5.84. The number of hydrogen-bond acceptors (Lipinski definition) is 4. The Morgan fingerprint density at radius 1 is 1.24 bits per heavy atom. The lowest BCUT2D eigenvalue weighted by Crippen LogP contribution is -2.49. The van der Waals surface area contributed by atoms with Crippen molar-refractivity contribution in [2.24, 2.45) is 17.3 Å². The first-order valence-corrected chi connectivity index (χ1v) is 9.29. The van der Waals surface area contributed by atoms with Crippen molar-refractivity contribution in [3.05, 3.63) is 28.7 Å². The Bertz CT molecular complexity index is 658. The van der Waals surface area contributed by atoms with E-state index in [4.69, 9.17) is 4.52 Å². The van der Waals surface area contributed by atoms with Crippen LogP contribution in [-0.2, 0) is 11.3 Å². The zero-order valence-electron chi connectivity index (χ0n) is 16.4. The van der Waals surface area contributed by atoms with Gasteiger partial charge in [-0.2, -0.15) is 0 Å². The maximum atomic E-state index is 13.0. The van der Waals surface area contributed by atoms with Gasteiger partial charge in [0.15, 0.2) is 0 Å². The van der Waals surface area contributed by atoms with E-state index in [0.717, 1.165) is 44.2 Å². The standard InChI is InChI=1S/C20H31N3O2/c1-13(2)11-17-18(20(17,5)6)19(24)23-9-7-22(8-10-23)12-16-14(3)21-25-15(16)4/h11,17-18H,7-10,12H2,1-6H3. The molecule has 25 heavy (non-hydrogen) atoms. The summed E-state index contributed by atoms with van der Waals surface area (Å²) in [4.78, 5) is 17.4. The number of aromatic nitrogens is 1. The minimum Gasteiger partial charge on any atom is -0.361 e. The van der Waals surface area contributed by atoms with Gasteiger partial charge in [-0.1, -0.05) is 30.7 Å². The lowest BCUT2D eigenvalue weighted by molar-refractivity contribution is -0.135. The average molecular weight is 345 g/mol. The molecule has 1 aliphatic heterocycles. The van der Waals surface area contributed by atoms with E-state index in [1.165, 1.54) is 11.1 Å². The molecule has 138 valence electrons. The molecule has 5 nitrogen and oxygen atoms in total. The van der Waals surface area contributed by atoms with Crippen LogP contribution in [0.2, 0.25) is 0 Å². The number of piperazine rings is 1. The molecule has 0 bridgehead atoms. The van der Waals surface area contributed by atoms with Crippen molar-refractivity contribution in [2.75, 3.05) is 26.2 Å². The Morgan fingerprint density at radius 3 is 2.40 bits per heavy atom. The van der Waals surface area contributed by atoms with Gasteiger partial charge < -0.3 is 9.42 Å². The fourth-order valence-corrected chi connectivity index (χ4v) is 4.09. The second kappa shape index (κ2) is 6.60. The fraction of sp³-hybridized carbons (Fsp3) is 0.700. The molecule has 0 radical (unpaired) electrons. The SMILES string of the molecule is CC(C)=CC1C(C(=O)N2CCN(Cc3c(C)noc3C)CC2)C1(C)C. The summed E-state index contributed by atoms with van der Waals surface area (Å²) in [6.07, 6.45) is 2.27. The zero-order chi connectivity index (χ0) is 18.4. The Morgan fingerprint density at radius 2 is 1.88 bits per heavy atom. The average Bonchev–Trinajstić information content (AvgIpc) is 2.93. The number of allylic oxidation sites excluding steroid dienone is 2. The quantitative estimate of drug-likeness (QED) is 0.787. The molecule has 1 aromatic heterocycles. The zero-order valence-corrected chi connectivity index (χ0v) is 16.4. The van der Waals surface area contributed by atoms with Crippen LogP contribution in [0.15, 0.2) is 16.2 Å². The van der Waals surface area contributed by atoms with E-state index in [2.05, 4.69) is 48.7 Å². The number of carbonyl (C=O) groups excluding carboxylic acids is 1. The molecule has 1 aliphatic carbocycles. The first kappa shape index (κ1) is 18.2. The van der Waals surface area contributed by atoms with Crippen molar-refractivity contribution in [1.82, 2.24) is 15.0 Å². The number of carbonyl (C=O) groups is 1. The van der Waals surface area contributed by atoms with Gasteiger partial charge in [-0.05, 0) is 39.0 Å². The van der Waals surface area contributed by atoms with E-state index in [-0.39, 0.29) is 11.3 Å². The smallest absolute Gasteiger partial charge is 0.226 e. The molecule has 0 aromatic carbocycles. The molecular formula is C20H31N3O2. The molecular weight excluding hydrogens is 314 g/mol. The van der Waals surface area contributed by atoms with Gasteiger partial charge in [0.1, 0.15) is 5.76 Å². The molecule has 2 atom stereocenters. The minimum atomic E-state index is 0.0994. The van der Waals surface area contributed by atoms with E-state index in [1.807, 2.05) is 13.8 Å². The molecule has 2 unspecified atom stereocenters. The summed E-state index contributed by atoms with van der Waals surface area (Å²) in [6.45, 7) is 16.9. The predicted molar refractivity (Wildman–Crippen MR) is 98.0 cm³/mol. The van der Waals surface area contributed by atoms with Gasteiger partial charge in [0.25, 0.3) is 0 Å². The first-order chi connectivity index (χ1) is 11.7. The number of rotatable bonds is 4. The summed E-state index contributed by atoms with van der Waals surface area (Å²) < 4.78 is 5.26. The van der Waals surface area contributed by atoms with Crippen LogP contribution in [0.4, 0.5) is 0 Å². The topological polar surface area (TPSA) is 49.6 Å².